The summed E-state index contributed by atoms with van der Waals surface area (Å²) in [7, 11) is 1.68. The predicted octanol–water partition coefficient (Wildman–Crippen LogP) is 5.74. The number of carbonyl (C=O) groups excluding carboxylic acids is 1. The topological polar surface area (TPSA) is 83.0 Å². The van der Waals surface area contributed by atoms with Gasteiger partial charge in [0.2, 0.25) is 5.91 Å². The maximum atomic E-state index is 11.3. The van der Waals surface area contributed by atoms with Crippen LogP contribution in [0.5, 0.6) is 11.5 Å². The van der Waals surface area contributed by atoms with E-state index in [1.165, 1.54) is 22.0 Å². The maximum absolute atomic E-state index is 11.3. The van der Waals surface area contributed by atoms with E-state index in [2.05, 4.69) is 70.8 Å². The molecule has 1 aromatic heterocycles. The molecule has 1 fully saturated rings. The second-order valence-corrected chi connectivity index (χ2v) is 11.4. The first-order valence-electron chi connectivity index (χ1n) is 15.6. The third kappa shape index (κ3) is 8.40. The van der Waals surface area contributed by atoms with Crippen molar-refractivity contribution in [2.75, 3.05) is 40.0 Å². The minimum atomic E-state index is -0.00716. The third-order valence-electron chi connectivity index (χ3n) is 8.22. The van der Waals surface area contributed by atoms with Crippen molar-refractivity contribution in [2.24, 2.45) is 0 Å². The zero-order valence-corrected chi connectivity index (χ0v) is 26.1. The monoisotopic (exact) mass is 599 g/mol. The summed E-state index contributed by atoms with van der Waals surface area (Å²) in [6.07, 6.45) is 4.08. The first kappa shape index (κ1) is 31.6. The lowest BCUT2D eigenvalue weighted by Gasteiger charge is -2.32. The summed E-state index contributed by atoms with van der Waals surface area (Å²) in [4.78, 5) is 11.3. The van der Waals surface area contributed by atoms with Gasteiger partial charge < -0.3 is 34.1 Å². The number of benzene rings is 3. The van der Waals surface area contributed by atoms with E-state index in [0.29, 0.717) is 38.9 Å². The summed E-state index contributed by atoms with van der Waals surface area (Å²) >= 11 is 0. The standard InChI is InChI=1S/C36H45N3O5/c1-26-23-39(18-17-38-27(2)40)34-21-28(9-14-32(26)34)24-44-36-22-37-16-15-33(36)29-10-12-31(13-11-29)43-20-6-19-42-25-30-7-4-5-8-35(30)41-3/h4-5,7-14,21,23,33,36-37H,6,15-20,22,24-25H2,1-3H3,(H,38,40)/t33-,36+/m1/s1. The Kier molecular flexibility index (Phi) is 11.3. The van der Waals surface area contributed by atoms with E-state index >= 15 is 0 Å². The Morgan fingerprint density at radius 2 is 1.89 bits per heavy atom. The highest BCUT2D eigenvalue weighted by Gasteiger charge is 2.27. The van der Waals surface area contributed by atoms with Crippen molar-refractivity contribution >= 4 is 16.8 Å². The van der Waals surface area contributed by atoms with Crippen molar-refractivity contribution in [2.45, 2.75) is 58.5 Å². The quantitative estimate of drug-likeness (QED) is 0.170. The molecule has 0 bridgehead atoms. The lowest BCUT2D eigenvalue weighted by Crippen LogP contribution is -2.40. The average Bonchev–Trinajstić information content (AvgIpc) is 3.36. The lowest BCUT2D eigenvalue weighted by molar-refractivity contribution is -0.118. The van der Waals surface area contributed by atoms with Crippen LogP contribution in [0.2, 0.25) is 0 Å². The normalized spacial score (nSPS) is 16.6. The van der Waals surface area contributed by atoms with Crippen molar-refractivity contribution < 1.29 is 23.7 Å². The van der Waals surface area contributed by atoms with Gasteiger partial charge >= 0.3 is 0 Å². The molecular formula is C36H45N3O5. The number of hydrogen-bond acceptors (Lipinski definition) is 6. The van der Waals surface area contributed by atoms with E-state index < -0.39 is 0 Å². The van der Waals surface area contributed by atoms with E-state index in [1.54, 1.807) is 14.0 Å². The molecule has 234 valence electrons. The number of amides is 1. The van der Waals surface area contributed by atoms with Crippen LogP contribution in [0.25, 0.3) is 10.9 Å². The van der Waals surface area contributed by atoms with Crippen LogP contribution < -0.4 is 20.1 Å². The van der Waals surface area contributed by atoms with Gasteiger partial charge in [-0.25, -0.2) is 0 Å². The molecule has 2 N–H and O–H groups in total. The summed E-state index contributed by atoms with van der Waals surface area (Å²) < 4.78 is 26.0. The molecule has 0 saturated carbocycles. The molecule has 1 aliphatic rings. The van der Waals surface area contributed by atoms with E-state index in [9.17, 15) is 4.79 Å². The van der Waals surface area contributed by atoms with Crippen LogP contribution in [0.4, 0.5) is 0 Å². The third-order valence-corrected chi connectivity index (χ3v) is 8.22. The van der Waals surface area contributed by atoms with Crippen LogP contribution >= 0.6 is 0 Å². The van der Waals surface area contributed by atoms with Crippen LogP contribution in [0.3, 0.4) is 0 Å². The van der Waals surface area contributed by atoms with E-state index in [1.807, 2.05) is 24.3 Å². The first-order chi connectivity index (χ1) is 21.5. The Hall–Kier alpha value is -3.85. The molecule has 0 unspecified atom stereocenters. The SMILES string of the molecule is COc1ccccc1COCCCOc1ccc([C@H]2CCNC[C@@H]2OCc2ccc3c(C)cn(CCNC(C)=O)c3c2)cc1. The Labute approximate surface area is 260 Å². The number of hydrogen-bond donors (Lipinski definition) is 2. The van der Waals surface area contributed by atoms with Crippen LogP contribution in [-0.2, 0) is 34.0 Å². The fourth-order valence-corrected chi connectivity index (χ4v) is 5.90. The van der Waals surface area contributed by atoms with Gasteiger partial charge in [-0.1, -0.05) is 42.5 Å². The molecule has 1 aliphatic heterocycles. The number of aromatic nitrogens is 1. The lowest BCUT2D eigenvalue weighted by atomic mass is 9.87. The summed E-state index contributed by atoms with van der Waals surface area (Å²) in [5.74, 6) is 2.03. The molecule has 8 nitrogen and oxygen atoms in total. The van der Waals surface area contributed by atoms with Gasteiger partial charge in [0.1, 0.15) is 11.5 Å². The molecule has 1 saturated heterocycles. The second-order valence-electron chi connectivity index (χ2n) is 11.4. The number of fused-ring (bicyclic) bond motifs is 1. The minimum Gasteiger partial charge on any atom is -0.496 e. The van der Waals surface area contributed by atoms with Crippen LogP contribution in [0.15, 0.2) is 72.9 Å². The van der Waals surface area contributed by atoms with Gasteiger partial charge in [0, 0.05) is 61.6 Å². The van der Waals surface area contributed by atoms with Gasteiger partial charge in [0.05, 0.1) is 39.6 Å². The number of carbonyl (C=O) groups is 1. The molecule has 0 spiro atoms. The van der Waals surface area contributed by atoms with Crippen molar-refractivity contribution in [1.29, 1.82) is 0 Å². The molecule has 1 amide bonds. The number of nitrogens with one attached hydrogen (secondary N) is 2. The van der Waals surface area contributed by atoms with Crippen LogP contribution in [-0.4, -0.2) is 56.5 Å². The highest BCUT2D eigenvalue weighted by molar-refractivity contribution is 5.84. The fraction of sp³-hybridized carbons (Fsp3) is 0.417. The number of piperidine rings is 1. The highest BCUT2D eigenvalue weighted by atomic mass is 16.5. The molecular weight excluding hydrogens is 554 g/mol. The molecule has 44 heavy (non-hydrogen) atoms. The first-order valence-corrected chi connectivity index (χ1v) is 15.6. The Morgan fingerprint density at radius 1 is 1.05 bits per heavy atom. The van der Waals surface area contributed by atoms with Gasteiger partial charge in [0.15, 0.2) is 0 Å². The molecule has 0 aliphatic carbocycles. The minimum absolute atomic E-state index is 0.00716. The Balaban J connectivity index is 1.10. The van der Waals surface area contributed by atoms with Crippen molar-refractivity contribution in [1.82, 2.24) is 15.2 Å². The Bertz CT molecular complexity index is 1500. The molecule has 5 rings (SSSR count). The summed E-state index contributed by atoms with van der Waals surface area (Å²) in [5.41, 5.74) is 5.88. The predicted molar refractivity (Wildman–Crippen MR) is 173 cm³/mol. The zero-order valence-electron chi connectivity index (χ0n) is 26.1. The van der Waals surface area contributed by atoms with Gasteiger partial charge in [-0.05, 0) is 60.8 Å². The Morgan fingerprint density at radius 3 is 2.70 bits per heavy atom. The fourth-order valence-electron chi connectivity index (χ4n) is 5.90. The number of aryl methyl sites for hydroxylation is 1. The van der Waals surface area contributed by atoms with Crippen LogP contribution in [0, 0.1) is 6.92 Å². The number of para-hydroxylation sites is 1. The zero-order chi connectivity index (χ0) is 30.7. The number of nitrogens with zero attached hydrogens (tertiary/aromatic N) is 1. The van der Waals surface area contributed by atoms with E-state index in [-0.39, 0.29) is 12.0 Å². The molecule has 2 atom stereocenters. The van der Waals surface area contributed by atoms with Crippen molar-refractivity contribution in [3.8, 4) is 11.5 Å². The summed E-state index contributed by atoms with van der Waals surface area (Å²) in [5, 5.41) is 7.64. The van der Waals surface area contributed by atoms with Gasteiger partial charge in [0.25, 0.3) is 0 Å². The molecule has 8 heteroatoms. The maximum Gasteiger partial charge on any atom is 0.216 e. The average molecular weight is 600 g/mol. The highest BCUT2D eigenvalue weighted by Crippen LogP contribution is 2.30. The van der Waals surface area contributed by atoms with Gasteiger partial charge in [-0.2, -0.15) is 0 Å². The number of methoxy groups -OCH3 is 1. The van der Waals surface area contributed by atoms with E-state index in [4.69, 9.17) is 18.9 Å². The van der Waals surface area contributed by atoms with Gasteiger partial charge in [-0.15, -0.1) is 0 Å². The smallest absolute Gasteiger partial charge is 0.216 e. The molecule has 3 aromatic carbocycles. The van der Waals surface area contributed by atoms with Gasteiger partial charge in [-0.3, -0.25) is 4.79 Å². The molecule has 2 heterocycles. The second kappa shape index (κ2) is 15.7. The number of ether oxygens (including phenoxy) is 4. The summed E-state index contributed by atoms with van der Waals surface area (Å²) in [6, 6.07) is 23.0. The van der Waals surface area contributed by atoms with Crippen molar-refractivity contribution in [3.63, 3.8) is 0 Å². The largest absolute Gasteiger partial charge is 0.496 e. The number of rotatable bonds is 15. The summed E-state index contributed by atoms with van der Waals surface area (Å²) in [6.45, 7) is 9.13. The van der Waals surface area contributed by atoms with Crippen molar-refractivity contribution in [3.05, 3.63) is 95.2 Å². The molecule has 0 radical (unpaired) electrons. The molecule has 4 aromatic rings. The van der Waals surface area contributed by atoms with E-state index in [0.717, 1.165) is 55.1 Å². The van der Waals surface area contributed by atoms with Crippen LogP contribution in [0.1, 0.15) is 47.9 Å².